The van der Waals surface area contributed by atoms with Crippen LogP contribution >= 0.6 is 0 Å². The molecule has 1 aliphatic heterocycles. The summed E-state index contributed by atoms with van der Waals surface area (Å²) < 4.78 is 0. The number of aromatic hydroxyl groups is 2. The minimum Gasteiger partial charge on any atom is -0.504 e. The zero-order valence-corrected chi connectivity index (χ0v) is 10.9. The lowest BCUT2D eigenvalue weighted by molar-refractivity contribution is 0.226. The van der Waals surface area contributed by atoms with Crippen molar-refractivity contribution in [1.29, 1.82) is 0 Å². The first kappa shape index (κ1) is 11.8. The van der Waals surface area contributed by atoms with Crippen LogP contribution in [-0.2, 0) is 6.42 Å². The van der Waals surface area contributed by atoms with E-state index in [0.717, 1.165) is 18.4 Å². The predicted molar refractivity (Wildman–Crippen MR) is 71.1 cm³/mol. The highest BCUT2D eigenvalue weighted by molar-refractivity contribution is 5.52. The second kappa shape index (κ2) is 4.47. The van der Waals surface area contributed by atoms with E-state index in [1.54, 1.807) is 6.07 Å². The van der Waals surface area contributed by atoms with Crippen LogP contribution in [0, 0.1) is 0 Å². The Balaban J connectivity index is 1.94. The number of hydrogen-bond acceptors (Lipinski definition) is 3. The van der Waals surface area contributed by atoms with Gasteiger partial charge >= 0.3 is 0 Å². The molecule has 1 saturated heterocycles. The highest BCUT2D eigenvalue weighted by atomic mass is 16.3. The van der Waals surface area contributed by atoms with E-state index in [1.807, 2.05) is 6.07 Å². The van der Waals surface area contributed by atoms with Gasteiger partial charge in [-0.1, -0.05) is 13.0 Å². The highest BCUT2D eigenvalue weighted by Crippen LogP contribution is 2.46. The van der Waals surface area contributed by atoms with Crippen LogP contribution in [-0.4, -0.2) is 34.2 Å². The predicted octanol–water partition coefficient (Wildman–Crippen LogP) is 2.61. The molecular formula is C15H21NO2. The molecule has 2 aliphatic rings. The number of benzene rings is 1. The number of phenols is 2. The summed E-state index contributed by atoms with van der Waals surface area (Å²) in [5.41, 5.74) is 2.25. The minimum absolute atomic E-state index is 0.0237. The van der Waals surface area contributed by atoms with Crippen molar-refractivity contribution in [3.8, 4) is 11.5 Å². The van der Waals surface area contributed by atoms with Crippen LogP contribution in [0.4, 0.5) is 0 Å². The molecule has 1 fully saturated rings. The van der Waals surface area contributed by atoms with E-state index in [1.165, 1.54) is 31.5 Å². The number of nitrogens with zero attached hydrogens (tertiary/aromatic N) is 1. The van der Waals surface area contributed by atoms with Crippen molar-refractivity contribution < 1.29 is 10.2 Å². The maximum absolute atomic E-state index is 9.97. The van der Waals surface area contributed by atoms with Gasteiger partial charge in [0.05, 0.1) is 0 Å². The molecule has 0 amide bonds. The molecule has 2 N–H and O–H groups in total. The summed E-state index contributed by atoms with van der Waals surface area (Å²) in [6, 6.07) is 4.29. The Kier molecular flexibility index (Phi) is 2.94. The Labute approximate surface area is 108 Å². The van der Waals surface area contributed by atoms with Gasteiger partial charge in [-0.05, 0) is 50.4 Å². The number of phenolic OH excluding ortho intramolecular Hbond substituents is 2. The molecule has 18 heavy (non-hydrogen) atoms. The molecule has 1 aliphatic carbocycles. The molecule has 98 valence electrons. The van der Waals surface area contributed by atoms with E-state index < -0.39 is 0 Å². The monoisotopic (exact) mass is 247 g/mol. The number of fused-ring (bicyclic) bond motifs is 3. The van der Waals surface area contributed by atoms with Gasteiger partial charge in [-0.25, -0.2) is 0 Å². The maximum atomic E-state index is 9.97. The van der Waals surface area contributed by atoms with Crippen LogP contribution in [0.1, 0.15) is 43.2 Å². The molecule has 0 saturated carbocycles. The molecule has 1 aromatic rings. The molecule has 1 aromatic carbocycles. The molecule has 3 nitrogen and oxygen atoms in total. The van der Waals surface area contributed by atoms with E-state index in [-0.39, 0.29) is 11.5 Å². The zero-order chi connectivity index (χ0) is 12.7. The lowest BCUT2D eigenvalue weighted by atomic mass is 9.79. The molecule has 0 unspecified atom stereocenters. The fourth-order valence-corrected chi connectivity index (χ4v) is 3.77. The molecule has 1 heterocycles. The zero-order valence-electron chi connectivity index (χ0n) is 10.9. The SMILES string of the molecule is CCCN1CC[C@H]2c3ccc(O)c(O)c3CC[C@H]21. The fraction of sp³-hybridized carbons (Fsp3) is 0.600. The van der Waals surface area contributed by atoms with Crippen molar-refractivity contribution >= 4 is 0 Å². The van der Waals surface area contributed by atoms with Gasteiger partial charge in [0, 0.05) is 17.5 Å². The van der Waals surface area contributed by atoms with E-state index in [0.29, 0.717) is 12.0 Å². The van der Waals surface area contributed by atoms with E-state index in [2.05, 4.69) is 11.8 Å². The third-order valence-electron chi connectivity index (χ3n) is 4.56. The second-order valence-electron chi connectivity index (χ2n) is 5.54. The Morgan fingerprint density at radius 1 is 1.28 bits per heavy atom. The number of hydrogen-bond donors (Lipinski definition) is 2. The summed E-state index contributed by atoms with van der Waals surface area (Å²) in [5, 5.41) is 19.6. The van der Waals surface area contributed by atoms with Crippen LogP contribution in [0.25, 0.3) is 0 Å². The van der Waals surface area contributed by atoms with Crippen molar-refractivity contribution in [2.24, 2.45) is 0 Å². The Bertz CT molecular complexity index is 458. The average molecular weight is 247 g/mol. The second-order valence-corrected chi connectivity index (χ2v) is 5.54. The molecule has 0 aromatic heterocycles. The lowest BCUT2D eigenvalue weighted by Gasteiger charge is -2.33. The summed E-state index contributed by atoms with van der Waals surface area (Å²) in [6.07, 6.45) is 4.38. The van der Waals surface area contributed by atoms with Crippen molar-refractivity contribution in [2.45, 2.75) is 44.6 Å². The van der Waals surface area contributed by atoms with Gasteiger partial charge in [0.2, 0.25) is 0 Å². The third-order valence-corrected chi connectivity index (χ3v) is 4.56. The largest absolute Gasteiger partial charge is 0.504 e. The van der Waals surface area contributed by atoms with E-state index in [4.69, 9.17) is 0 Å². The molecule has 0 spiro atoms. The standard InChI is InChI=1S/C15H21NO2/c1-2-8-16-9-7-11-10-4-6-14(17)15(18)12(10)3-5-13(11)16/h4,6,11,13,17-18H,2-3,5,7-9H2,1H3/t11-,13+/m0/s1. The molecule has 0 radical (unpaired) electrons. The number of likely N-dealkylation sites (tertiary alicyclic amines) is 1. The van der Waals surface area contributed by atoms with Crippen molar-refractivity contribution in [3.63, 3.8) is 0 Å². The normalized spacial score (nSPS) is 26.9. The highest BCUT2D eigenvalue weighted by Gasteiger charge is 2.39. The van der Waals surface area contributed by atoms with Crippen molar-refractivity contribution in [3.05, 3.63) is 23.3 Å². The van der Waals surface area contributed by atoms with Gasteiger partial charge < -0.3 is 10.2 Å². The molecule has 3 heteroatoms. The van der Waals surface area contributed by atoms with Gasteiger partial charge in [-0.3, -0.25) is 4.90 Å². The van der Waals surface area contributed by atoms with Gasteiger partial charge in [0.1, 0.15) is 0 Å². The third kappa shape index (κ3) is 1.69. The van der Waals surface area contributed by atoms with E-state index in [9.17, 15) is 10.2 Å². The average Bonchev–Trinajstić information content (AvgIpc) is 2.78. The summed E-state index contributed by atoms with van der Waals surface area (Å²) in [7, 11) is 0. The molecule has 2 atom stereocenters. The Morgan fingerprint density at radius 3 is 2.89 bits per heavy atom. The summed E-state index contributed by atoms with van der Waals surface area (Å²) >= 11 is 0. The van der Waals surface area contributed by atoms with Crippen LogP contribution in [0.5, 0.6) is 11.5 Å². The summed E-state index contributed by atoms with van der Waals surface area (Å²) in [6.45, 7) is 4.58. The van der Waals surface area contributed by atoms with Gasteiger partial charge in [0.15, 0.2) is 11.5 Å². The molecule has 3 rings (SSSR count). The number of rotatable bonds is 2. The molecular weight excluding hydrogens is 226 g/mol. The van der Waals surface area contributed by atoms with Gasteiger partial charge in [0.25, 0.3) is 0 Å². The summed E-state index contributed by atoms with van der Waals surface area (Å²) in [4.78, 5) is 2.59. The summed E-state index contributed by atoms with van der Waals surface area (Å²) in [5.74, 6) is 0.683. The first-order valence-electron chi connectivity index (χ1n) is 7.00. The van der Waals surface area contributed by atoms with Crippen LogP contribution in [0.2, 0.25) is 0 Å². The van der Waals surface area contributed by atoms with Crippen LogP contribution in [0.3, 0.4) is 0 Å². The first-order chi connectivity index (χ1) is 8.72. The van der Waals surface area contributed by atoms with Gasteiger partial charge in [-0.15, -0.1) is 0 Å². The van der Waals surface area contributed by atoms with Crippen molar-refractivity contribution in [2.75, 3.05) is 13.1 Å². The smallest absolute Gasteiger partial charge is 0.160 e. The maximum Gasteiger partial charge on any atom is 0.160 e. The quantitative estimate of drug-likeness (QED) is 0.790. The lowest BCUT2D eigenvalue weighted by Crippen LogP contribution is -2.35. The van der Waals surface area contributed by atoms with Crippen molar-refractivity contribution in [1.82, 2.24) is 4.90 Å². The van der Waals surface area contributed by atoms with E-state index >= 15 is 0 Å². The topological polar surface area (TPSA) is 43.7 Å². The minimum atomic E-state index is 0.0237. The first-order valence-corrected chi connectivity index (χ1v) is 7.00. The van der Waals surface area contributed by atoms with Gasteiger partial charge in [-0.2, -0.15) is 0 Å². The fourth-order valence-electron chi connectivity index (χ4n) is 3.77. The molecule has 0 bridgehead atoms. The van der Waals surface area contributed by atoms with Crippen LogP contribution < -0.4 is 0 Å². The Morgan fingerprint density at radius 2 is 2.11 bits per heavy atom. The van der Waals surface area contributed by atoms with Crippen LogP contribution in [0.15, 0.2) is 12.1 Å². The Hall–Kier alpha value is -1.22.